The molecule has 0 fully saturated rings. The smallest absolute Gasteiger partial charge is 0.252 e. The van der Waals surface area contributed by atoms with Gasteiger partial charge in [-0.05, 0) is 61.7 Å². The highest BCUT2D eigenvalue weighted by molar-refractivity contribution is 5.94. The van der Waals surface area contributed by atoms with E-state index in [1.54, 1.807) is 18.3 Å². The molecule has 3 aromatic rings. The predicted octanol–water partition coefficient (Wildman–Crippen LogP) is 4.59. The number of benzene rings is 2. The number of aryl methyl sites for hydroxylation is 1. The van der Waals surface area contributed by atoms with Gasteiger partial charge >= 0.3 is 0 Å². The van der Waals surface area contributed by atoms with Crippen molar-refractivity contribution in [3.63, 3.8) is 0 Å². The quantitative estimate of drug-likeness (QED) is 0.537. The van der Waals surface area contributed by atoms with Gasteiger partial charge in [0.2, 0.25) is 0 Å². The molecule has 5 nitrogen and oxygen atoms in total. The molecular formula is C23H25N3O2. The van der Waals surface area contributed by atoms with Crippen LogP contribution in [0.5, 0.6) is 5.75 Å². The molecule has 5 heteroatoms. The molecule has 0 spiro atoms. The zero-order valence-corrected chi connectivity index (χ0v) is 16.0. The molecular weight excluding hydrogens is 350 g/mol. The van der Waals surface area contributed by atoms with E-state index in [-0.39, 0.29) is 5.91 Å². The van der Waals surface area contributed by atoms with Crippen molar-refractivity contribution < 1.29 is 9.53 Å². The number of nitrogens with zero attached hydrogens (tertiary/aromatic N) is 1. The van der Waals surface area contributed by atoms with Crippen LogP contribution in [-0.4, -0.2) is 24.0 Å². The average Bonchev–Trinajstić information content (AvgIpc) is 2.74. The lowest BCUT2D eigenvalue weighted by Gasteiger charge is -2.09. The molecule has 1 amide bonds. The van der Waals surface area contributed by atoms with Gasteiger partial charge in [-0.15, -0.1) is 0 Å². The van der Waals surface area contributed by atoms with Gasteiger partial charge in [-0.1, -0.05) is 30.3 Å². The normalized spacial score (nSPS) is 10.3. The third-order valence-electron chi connectivity index (χ3n) is 4.23. The zero-order chi connectivity index (χ0) is 19.6. The minimum absolute atomic E-state index is 0.104. The predicted molar refractivity (Wildman–Crippen MR) is 112 cm³/mol. The van der Waals surface area contributed by atoms with E-state index in [0.717, 1.165) is 24.3 Å². The SMILES string of the molecule is CCOc1ccc(Nc2ccc(C(=O)NCCCc3ccccc3)cn2)cc1. The molecule has 0 aliphatic rings. The number of hydrogen-bond acceptors (Lipinski definition) is 4. The van der Waals surface area contributed by atoms with Gasteiger partial charge in [-0.25, -0.2) is 4.98 Å². The maximum absolute atomic E-state index is 12.2. The number of carbonyl (C=O) groups is 1. The van der Waals surface area contributed by atoms with Crippen LogP contribution < -0.4 is 15.4 Å². The van der Waals surface area contributed by atoms with Gasteiger partial charge in [0.15, 0.2) is 0 Å². The van der Waals surface area contributed by atoms with Gasteiger partial charge in [0.25, 0.3) is 5.91 Å². The summed E-state index contributed by atoms with van der Waals surface area (Å²) in [7, 11) is 0. The van der Waals surface area contributed by atoms with Crippen LogP contribution in [0.3, 0.4) is 0 Å². The number of anilines is 2. The number of amides is 1. The van der Waals surface area contributed by atoms with Crippen molar-refractivity contribution in [2.75, 3.05) is 18.5 Å². The molecule has 0 unspecified atom stereocenters. The summed E-state index contributed by atoms with van der Waals surface area (Å²) >= 11 is 0. The Balaban J connectivity index is 1.45. The monoisotopic (exact) mass is 375 g/mol. The molecule has 0 radical (unpaired) electrons. The van der Waals surface area contributed by atoms with E-state index in [0.29, 0.717) is 24.5 Å². The molecule has 2 aromatic carbocycles. The van der Waals surface area contributed by atoms with E-state index in [1.807, 2.05) is 49.4 Å². The van der Waals surface area contributed by atoms with Gasteiger partial charge in [-0.2, -0.15) is 0 Å². The standard InChI is InChI=1S/C23H25N3O2/c1-2-28-21-13-11-20(12-14-21)26-22-15-10-19(17-25-22)23(27)24-16-6-9-18-7-4-3-5-8-18/h3-5,7-8,10-15,17H,2,6,9,16H2,1H3,(H,24,27)(H,25,26). The lowest BCUT2D eigenvalue weighted by atomic mass is 10.1. The molecule has 0 bridgehead atoms. The summed E-state index contributed by atoms with van der Waals surface area (Å²) in [6, 6.07) is 21.5. The fourth-order valence-electron chi connectivity index (χ4n) is 2.79. The van der Waals surface area contributed by atoms with E-state index in [2.05, 4.69) is 27.8 Å². The number of rotatable bonds is 9. The van der Waals surface area contributed by atoms with Crippen LogP contribution in [0, 0.1) is 0 Å². The van der Waals surface area contributed by atoms with Gasteiger partial charge in [0.05, 0.1) is 12.2 Å². The average molecular weight is 375 g/mol. The minimum Gasteiger partial charge on any atom is -0.494 e. The second kappa shape index (κ2) is 10.1. The highest BCUT2D eigenvalue weighted by Gasteiger charge is 2.06. The third kappa shape index (κ3) is 5.84. The van der Waals surface area contributed by atoms with Crippen LogP contribution in [-0.2, 0) is 6.42 Å². The molecule has 0 atom stereocenters. The topological polar surface area (TPSA) is 63.2 Å². The van der Waals surface area contributed by atoms with E-state index >= 15 is 0 Å². The Labute approximate surface area is 165 Å². The lowest BCUT2D eigenvalue weighted by Crippen LogP contribution is -2.24. The van der Waals surface area contributed by atoms with Crippen LogP contribution in [0.2, 0.25) is 0 Å². The van der Waals surface area contributed by atoms with Crippen molar-refractivity contribution in [2.45, 2.75) is 19.8 Å². The van der Waals surface area contributed by atoms with Crippen molar-refractivity contribution in [1.82, 2.24) is 10.3 Å². The summed E-state index contributed by atoms with van der Waals surface area (Å²) < 4.78 is 5.43. The molecule has 0 saturated carbocycles. The van der Waals surface area contributed by atoms with Crippen LogP contribution in [0.25, 0.3) is 0 Å². The fourth-order valence-corrected chi connectivity index (χ4v) is 2.79. The summed E-state index contributed by atoms with van der Waals surface area (Å²) in [5.74, 6) is 1.42. The number of hydrogen-bond donors (Lipinski definition) is 2. The second-order valence-corrected chi connectivity index (χ2v) is 6.36. The van der Waals surface area contributed by atoms with Gasteiger partial charge in [-0.3, -0.25) is 4.79 Å². The van der Waals surface area contributed by atoms with Crippen molar-refractivity contribution in [3.8, 4) is 5.75 Å². The van der Waals surface area contributed by atoms with Crippen LogP contribution >= 0.6 is 0 Å². The molecule has 3 rings (SSSR count). The summed E-state index contributed by atoms with van der Waals surface area (Å²) in [6.45, 7) is 3.24. The first-order valence-corrected chi connectivity index (χ1v) is 9.52. The summed E-state index contributed by atoms with van der Waals surface area (Å²) in [5.41, 5.74) is 2.74. The molecule has 1 aromatic heterocycles. The Morgan fingerprint density at radius 1 is 1.00 bits per heavy atom. The van der Waals surface area contributed by atoms with Crippen LogP contribution in [0.4, 0.5) is 11.5 Å². The minimum atomic E-state index is -0.104. The molecule has 0 saturated heterocycles. The Bertz CT molecular complexity index is 863. The van der Waals surface area contributed by atoms with Gasteiger partial charge < -0.3 is 15.4 Å². The molecule has 0 aliphatic heterocycles. The Kier molecular flexibility index (Phi) is 7.01. The van der Waals surface area contributed by atoms with Gasteiger partial charge in [0, 0.05) is 18.4 Å². The zero-order valence-electron chi connectivity index (χ0n) is 16.0. The number of pyridine rings is 1. The van der Waals surface area contributed by atoms with Gasteiger partial charge in [0.1, 0.15) is 11.6 Å². The van der Waals surface area contributed by atoms with Crippen LogP contribution in [0.15, 0.2) is 72.9 Å². The Morgan fingerprint density at radius 2 is 1.79 bits per heavy atom. The molecule has 144 valence electrons. The number of nitrogens with one attached hydrogen (secondary N) is 2. The summed E-state index contributed by atoms with van der Waals surface area (Å²) in [6.07, 6.45) is 3.44. The van der Waals surface area contributed by atoms with Crippen molar-refractivity contribution >= 4 is 17.4 Å². The highest BCUT2D eigenvalue weighted by atomic mass is 16.5. The lowest BCUT2D eigenvalue weighted by molar-refractivity contribution is 0.0953. The van der Waals surface area contributed by atoms with Crippen molar-refractivity contribution in [2.24, 2.45) is 0 Å². The fraction of sp³-hybridized carbons (Fsp3) is 0.217. The number of ether oxygens (including phenoxy) is 1. The largest absolute Gasteiger partial charge is 0.494 e. The summed E-state index contributed by atoms with van der Waals surface area (Å²) in [4.78, 5) is 16.6. The first-order valence-electron chi connectivity index (χ1n) is 9.52. The third-order valence-corrected chi connectivity index (χ3v) is 4.23. The van der Waals surface area contributed by atoms with E-state index < -0.39 is 0 Å². The van der Waals surface area contributed by atoms with E-state index in [4.69, 9.17) is 4.74 Å². The molecule has 0 aliphatic carbocycles. The van der Waals surface area contributed by atoms with E-state index in [1.165, 1.54) is 5.56 Å². The maximum Gasteiger partial charge on any atom is 0.252 e. The molecule has 2 N–H and O–H groups in total. The first-order chi connectivity index (χ1) is 13.7. The van der Waals surface area contributed by atoms with Crippen molar-refractivity contribution in [1.29, 1.82) is 0 Å². The van der Waals surface area contributed by atoms with Crippen molar-refractivity contribution in [3.05, 3.63) is 84.1 Å². The first kappa shape index (κ1) is 19.4. The van der Waals surface area contributed by atoms with Crippen LogP contribution in [0.1, 0.15) is 29.3 Å². The maximum atomic E-state index is 12.2. The van der Waals surface area contributed by atoms with E-state index in [9.17, 15) is 4.79 Å². The number of aromatic nitrogens is 1. The molecule has 28 heavy (non-hydrogen) atoms. The molecule has 1 heterocycles. The summed E-state index contributed by atoms with van der Waals surface area (Å²) in [5, 5.41) is 6.15. The highest BCUT2D eigenvalue weighted by Crippen LogP contribution is 2.19. The number of carbonyl (C=O) groups excluding carboxylic acids is 1. The Morgan fingerprint density at radius 3 is 2.46 bits per heavy atom. The second-order valence-electron chi connectivity index (χ2n) is 6.36. The Hall–Kier alpha value is -3.34.